The van der Waals surface area contributed by atoms with E-state index in [1.165, 1.54) is 0 Å². The number of nitrogens with zero attached hydrogens (tertiary/aromatic N) is 1. The zero-order valence-electron chi connectivity index (χ0n) is 6.68. The van der Waals surface area contributed by atoms with E-state index in [1.807, 2.05) is 0 Å². The Kier molecular flexibility index (Phi) is 3.31. The first-order valence-corrected chi connectivity index (χ1v) is 5.02. The summed E-state index contributed by atoms with van der Waals surface area (Å²) in [7, 11) is 0. The molecule has 0 aromatic rings. The quantitative estimate of drug-likeness (QED) is 0.654. The number of carbonyl (C=O) groups excluding carboxylic acids is 2. The minimum atomic E-state index is -4.95. The highest BCUT2D eigenvalue weighted by molar-refractivity contribution is 7.99. The molecule has 0 spiro atoms. The molecule has 0 aromatic heterocycles. The van der Waals surface area contributed by atoms with Gasteiger partial charge in [0, 0.05) is 5.75 Å². The van der Waals surface area contributed by atoms with E-state index in [0.29, 0.717) is 4.90 Å². The van der Waals surface area contributed by atoms with Crippen molar-refractivity contribution in [1.82, 2.24) is 4.90 Å². The summed E-state index contributed by atoms with van der Waals surface area (Å²) in [6.07, 6.45) is -4.95. The molecule has 1 aliphatic rings. The van der Waals surface area contributed by atoms with Crippen molar-refractivity contribution >= 4 is 34.5 Å². The fraction of sp³-hybridized carbons (Fsp3) is 0.667. The number of hydrogen-bond acceptors (Lipinski definition) is 3. The zero-order chi connectivity index (χ0) is 10.9. The maximum absolute atomic E-state index is 12.0. The second-order valence-electron chi connectivity index (χ2n) is 2.59. The van der Waals surface area contributed by atoms with Gasteiger partial charge in [-0.25, -0.2) is 0 Å². The van der Waals surface area contributed by atoms with Gasteiger partial charge >= 0.3 is 12.1 Å². The molecule has 1 amide bonds. The summed E-state index contributed by atoms with van der Waals surface area (Å²) in [6, 6.07) is -1.16. The van der Waals surface area contributed by atoms with Crippen LogP contribution >= 0.6 is 23.4 Å². The second kappa shape index (κ2) is 3.98. The number of rotatable bonds is 1. The van der Waals surface area contributed by atoms with Crippen molar-refractivity contribution in [2.45, 2.75) is 12.2 Å². The summed E-state index contributed by atoms with van der Waals surface area (Å²) in [4.78, 5) is 21.9. The monoisotopic (exact) mass is 247 g/mol. The fourth-order valence-electron chi connectivity index (χ4n) is 0.994. The van der Waals surface area contributed by atoms with Crippen molar-refractivity contribution < 1.29 is 22.8 Å². The molecule has 14 heavy (non-hydrogen) atoms. The fourth-order valence-corrected chi connectivity index (χ4v) is 2.43. The highest BCUT2D eigenvalue weighted by Gasteiger charge is 2.47. The Morgan fingerprint density at radius 3 is 2.43 bits per heavy atom. The smallest absolute Gasteiger partial charge is 0.313 e. The SMILES string of the molecule is O=C(Cl)[C@@H]1CSCN1C(=O)C(F)(F)F. The molecular weight excluding hydrogens is 243 g/mol. The first kappa shape index (κ1) is 11.6. The van der Waals surface area contributed by atoms with Crippen molar-refractivity contribution in [3.8, 4) is 0 Å². The van der Waals surface area contributed by atoms with Gasteiger partial charge in [0.1, 0.15) is 6.04 Å². The van der Waals surface area contributed by atoms with Crippen LogP contribution in [0.3, 0.4) is 0 Å². The predicted octanol–water partition coefficient (Wildman–Crippen LogP) is 1.22. The Morgan fingerprint density at radius 1 is 1.43 bits per heavy atom. The van der Waals surface area contributed by atoms with Crippen molar-refractivity contribution in [1.29, 1.82) is 0 Å². The van der Waals surface area contributed by atoms with Gasteiger partial charge < -0.3 is 4.90 Å². The summed E-state index contributed by atoms with van der Waals surface area (Å²) in [6.45, 7) is 0. The van der Waals surface area contributed by atoms with Gasteiger partial charge in [-0.2, -0.15) is 13.2 Å². The Balaban J connectivity index is 2.77. The van der Waals surface area contributed by atoms with Crippen LogP contribution in [-0.4, -0.2) is 39.9 Å². The van der Waals surface area contributed by atoms with E-state index in [-0.39, 0.29) is 11.6 Å². The van der Waals surface area contributed by atoms with Crippen LogP contribution in [0, 0.1) is 0 Å². The van der Waals surface area contributed by atoms with Crippen LogP contribution in [0.5, 0.6) is 0 Å². The van der Waals surface area contributed by atoms with E-state index >= 15 is 0 Å². The van der Waals surface area contributed by atoms with E-state index < -0.39 is 23.4 Å². The molecule has 0 bridgehead atoms. The van der Waals surface area contributed by atoms with Gasteiger partial charge in [-0.3, -0.25) is 9.59 Å². The third kappa shape index (κ3) is 2.33. The first-order valence-electron chi connectivity index (χ1n) is 3.49. The number of amides is 1. The summed E-state index contributed by atoms with van der Waals surface area (Å²) in [5.41, 5.74) is 0. The van der Waals surface area contributed by atoms with Crippen LogP contribution in [0.1, 0.15) is 0 Å². The average molecular weight is 248 g/mol. The van der Waals surface area contributed by atoms with E-state index in [4.69, 9.17) is 11.6 Å². The van der Waals surface area contributed by atoms with Gasteiger partial charge in [0.25, 0.3) is 0 Å². The van der Waals surface area contributed by atoms with Crippen LogP contribution in [0.2, 0.25) is 0 Å². The van der Waals surface area contributed by atoms with Gasteiger partial charge in [-0.05, 0) is 11.6 Å². The van der Waals surface area contributed by atoms with Crippen LogP contribution in [0.15, 0.2) is 0 Å². The molecule has 8 heteroatoms. The Labute approximate surface area is 86.6 Å². The van der Waals surface area contributed by atoms with Gasteiger partial charge in [-0.1, -0.05) is 0 Å². The highest BCUT2D eigenvalue weighted by Crippen LogP contribution is 2.28. The van der Waals surface area contributed by atoms with Crippen molar-refractivity contribution in [3.63, 3.8) is 0 Å². The number of thioether (sulfide) groups is 1. The Hall–Kier alpha value is -0.430. The number of hydrogen-bond donors (Lipinski definition) is 0. The zero-order valence-corrected chi connectivity index (χ0v) is 8.25. The molecule has 3 nitrogen and oxygen atoms in total. The van der Waals surface area contributed by atoms with E-state index in [1.54, 1.807) is 0 Å². The van der Waals surface area contributed by atoms with Crippen LogP contribution in [0.25, 0.3) is 0 Å². The molecule has 1 rings (SSSR count). The maximum Gasteiger partial charge on any atom is 0.471 e. The molecule has 0 saturated carbocycles. The molecule has 0 aliphatic carbocycles. The molecule has 1 aliphatic heterocycles. The largest absolute Gasteiger partial charge is 0.471 e. The Morgan fingerprint density at radius 2 is 2.00 bits per heavy atom. The molecular formula is C6H5ClF3NO2S. The lowest BCUT2D eigenvalue weighted by atomic mass is 10.3. The molecule has 1 fully saturated rings. The molecule has 1 saturated heterocycles. The molecule has 0 N–H and O–H groups in total. The minimum Gasteiger partial charge on any atom is -0.313 e. The Bertz CT molecular complexity index is 270. The summed E-state index contributed by atoms with van der Waals surface area (Å²) in [5, 5.41) is -0.937. The average Bonchev–Trinajstić information content (AvgIpc) is 2.48. The minimum absolute atomic E-state index is 0.115. The molecule has 0 unspecified atom stereocenters. The molecule has 1 atom stereocenters. The van der Waals surface area contributed by atoms with Crippen LogP contribution in [0.4, 0.5) is 13.2 Å². The van der Waals surface area contributed by atoms with Gasteiger partial charge in [0.2, 0.25) is 5.24 Å². The number of halogens is 4. The van der Waals surface area contributed by atoms with Crippen molar-refractivity contribution in [2.24, 2.45) is 0 Å². The van der Waals surface area contributed by atoms with Gasteiger partial charge in [-0.15, -0.1) is 11.8 Å². The lowest BCUT2D eigenvalue weighted by Gasteiger charge is -2.21. The van der Waals surface area contributed by atoms with E-state index in [2.05, 4.69) is 0 Å². The summed E-state index contributed by atoms with van der Waals surface area (Å²) in [5.74, 6) is -2.05. The number of carbonyl (C=O) groups is 2. The molecule has 0 aromatic carbocycles. The first-order chi connectivity index (χ1) is 6.34. The van der Waals surface area contributed by atoms with E-state index in [0.717, 1.165) is 11.8 Å². The normalized spacial score (nSPS) is 22.6. The highest BCUT2D eigenvalue weighted by atomic mass is 35.5. The van der Waals surface area contributed by atoms with Gasteiger partial charge in [0.05, 0.1) is 5.88 Å². The standard InChI is InChI=1S/C6H5ClF3NO2S/c7-4(12)3-1-14-2-11(3)5(13)6(8,9)10/h3H,1-2H2/t3-/m0/s1. The third-order valence-electron chi connectivity index (χ3n) is 1.65. The maximum atomic E-state index is 12.0. The predicted molar refractivity (Wildman–Crippen MR) is 44.9 cm³/mol. The molecule has 80 valence electrons. The van der Waals surface area contributed by atoms with Crippen LogP contribution in [-0.2, 0) is 9.59 Å². The summed E-state index contributed by atoms with van der Waals surface area (Å²) < 4.78 is 35.9. The lowest BCUT2D eigenvalue weighted by Crippen LogP contribution is -2.46. The van der Waals surface area contributed by atoms with Crippen molar-refractivity contribution in [3.05, 3.63) is 0 Å². The topological polar surface area (TPSA) is 37.4 Å². The second-order valence-corrected chi connectivity index (χ2v) is 3.96. The number of alkyl halides is 3. The third-order valence-corrected chi connectivity index (χ3v) is 2.91. The van der Waals surface area contributed by atoms with Gasteiger partial charge in [0.15, 0.2) is 0 Å². The molecule has 1 heterocycles. The molecule has 0 radical (unpaired) electrons. The lowest BCUT2D eigenvalue weighted by molar-refractivity contribution is -0.185. The van der Waals surface area contributed by atoms with E-state index in [9.17, 15) is 22.8 Å². The summed E-state index contributed by atoms with van der Waals surface area (Å²) >= 11 is 6.12. The van der Waals surface area contributed by atoms with Crippen LogP contribution < -0.4 is 0 Å². The van der Waals surface area contributed by atoms with Crippen molar-refractivity contribution in [2.75, 3.05) is 11.6 Å².